The lowest BCUT2D eigenvalue weighted by Crippen LogP contribution is -2.21. The first kappa shape index (κ1) is 23.7. The van der Waals surface area contributed by atoms with Crippen molar-refractivity contribution < 1.29 is 14.3 Å². The van der Waals surface area contributed by atoms with E-state index in [0.29, 0.717) is 25.5 Å². The first-order chi connectivity index (χ1) is 12.1. The molecule has 0 saturated carbocycles. The van der Waals surface area contributed by atoms with Crippen molar-refractivity contribution in [2.45, 2.75) is 90.9 Å². The zero-order valence-corrected chi connectivity index (χ0v) is 16.5. The van der Waals surface area contributed by atoms with E-state index < -0.39 is 0 Å². The Morgan fingerprint density at radius 3 is 2.32 bits per heavy atom. The van der Waals surface area contributed by atoms with Gasteiger partial charge in [0.2, 0.25) is 5.91 Å². The lowest BCUT2D eigenvalue weighted by molar-refractivity contribution is -0.145. The fraction of sp³-hybridized carbons (Fsp3) is 0.810. The van der Waals surface area contributed by atoms with Crippen molar-refractivity contribution in [3.05, 3.63) is 12.7 Å². The van der Waals surface area contributed by atoms with Crippen molar-refractivity contribution in [3.8, 4) is 0 Å². The Morgan fingerprint density at radius 2 is 1.64 bits per heavy atom. The second kappa shape index (κ2) is 17.5. The number of unbranched alkanes of at least 4 members (excludes halogenated alkanes) is 6. The highest BCUT2D eigenvalue weighted by atomic mass is 16.5. The second-order valence-electron chi connectivity index (χ2n) is 6.85. The van der Waals surface area contributed by atoms with Crippen molar-refractivity contribution in [1.82, 2.24) is 5.32 Å². The average molecular weight is 354 g/mol. The third-order valence-corrected chi connectivity index (χ3v) is 4.45. The maximum absolute atomic E-state index is 11.9. The second-order valence-corrected chi connectivity index (χ2v) is 6.85. The first-order valence-electron chi connectivity index (χ1n) is 10.2. The molecule has 0 saturated heterocycles. The third-order valence-electron chi connectivity index (χ3n) is 4.45. The molecule has 0 aliphatic heterocycles. The molecule has 0 heterocycles. The number of carbonyl (C=O) groups is 2. The number of nitrogens with one attached hydrogen (secondary N) is 1. The number of amides is 1. The molecule has 4 nitrogen and oxygen atoms in total. The molecule has 0 aromatic heterocycles. The molecule has 1 amide bonds. The van der Waals surface area contributed by atoms with Gasteiger partial charge in [-0.15, -0.1) is 0 Å². The van der Waals surface area contributed by atoms with E-state index in [4.69, 9.17) is 4.74 Å². The number of hydrogen-bond donors (Lipinski definition) is 1. The third kappa shape index (κ3) is 15.9. The van der Waals surface area contributed by atoms with E-state index in [9.17, 15) is 9.59 Å². The fourth-order valence-corrected chi connectivity index (χ4v) is 2.80. The van der Waals surface area contributed by atoms with Crippen LogP contribution in [0.5, 0.6) is 0 Å². The number of hydrogen-bond acceptors (Lipinski definition) is 3. The van der Waals surface area contributed by atoms with Crippen molar-refractivity contribution in [2.24, 2.45) is 5.92 Å². The summed E-state index contributed by atoms with van der Waals surface area (Å²) >= 11 is 0. The molecule has 0 rings (SSSR count). The van der Waals surface area contributed by atoms with Gasteiger partial charge in [-0.2, -0.15) is 0 Å². The van der Waals surface area contributed by atoms with Gasteiger partial charge in [-0.05, 0) is 37.7 Å². The maximum atomic E-state index is 11.9. The van der Waals surface area contributed by atoms with E-state index in [0.717, 1.165) is 19.3 Å². The lowest BCUT2D eigenvalue weighted by atomic mass is 9.96. The molecule has 0 bridgehead atoms. The Morgan fingerprint density at radius 1 is 0.960 bits per heavy atom. The summed E-state index contributed by atoms with van der Waals surface area (Å²) in [5, 5.41) is 2.74. The normalized spacial score (nSPS) is 11.8. The van der Waals surface area contributed by atoms with Crippen LogP contribution in [0.25, 0.3) is 0 Å². The van der Waals surface area contributed by atoms with Crippen LogP contribution in [0.1, 0.15) is 90.9 Å². The van der Waals surface area contributed by atoms with Crippen LogP contribution in [0.2, 0.25) is 0 Å². The van der Waals surface area contributed by atoms with Crippen LogP contribution < -0.4 is 5.32 Å². The summed E-state index contributed by atoms with van der Waals surface area (Å²) in [6.45, 7) is 9.06. The summed E-state index contributed by atoms with van der Waals surface area (Å²) in [4.78, 5) is 22.9. The molecular weight excluding hydrogens is 314 g/mol. The Balaban J connectivity index is 3.77. The van der Waals surface area contributed by atoms with Gasteiger partial charge in [0, 0.05) is 13.0 Å². The minimum absolute atomic E-state index is 0.0785. The lowest BCUT2D eigenvalue weighted by Gasteiger charge is -2.16. The van der Waals surface area contributed by atoms with Gasteiger partial charge in [-0.25, -0.2) is 0 Å². The molecule has 0 aliphatic carbocycles. The number of rotatable bonds is 17. The summed E-state index contributed by atoms with van der Waals surface area (Å²) < 4.78 is 5.50. The van der Waals surface area contributed by atoms with Gasteiger partial charge in [-0.1, -0.05) is 65.4 Å². The quantitative estimate of drug-likeness (QED) is 0.223. The van der Waals surface area contributed by atoms with E-state index in [1.54, 1.807) is 0 Å². The number of carbonyl (C=O) groups excluding carboxylic acids is 2. The Hall–Kier alpha value is -1.32. The standard InChI is InChI=1S/C21H39NO3/c1-4-7-9-11-15-19(14-8-5-2)18-25-21(24)16-12-10-13-17-22-20(23)6-3/h6,19H,3-5,7-18H2,1-2H3,(H,22,23). The van der Waals surface area contributed by atoms with Crippen LogP contribution in [0.15, 0.2) is 12.7 Å². The van der Waals surface area contributed by atoms with Gasteiger partial charge >= 0.3 is 5.97 Å². The summed E-state index contributed by atoms with van der Waals surface area (Å²) in [5.41, 5.74) is 0. The average Bonchev–Trinajstić information content (AvgIpc) is 2.62. The van der Waals surface area contributed by atoms with Gasteiger partial charge in [0.1, 0.15) is 0 Å². The number of ether oxygens (including phenoxy) is 1. The molecule has 146 valence electrons. The van der Waals surface area contributed by atoms with E-state index >= 15 is 0 Å². The van der Waals surface area contributed by atoms with Crippen LogP contribution in [0.4, 0.5) is 0 Å². The zero-order valence-electron chi connectivity index (χ0n) is 16.5. The molecule has 1 atom stereocenters. The van der Waals surface area contributed by atoms with Gasteiger partial charge in [0.25, 0.3) is 0 Å². The molecule has 1 N–H and O–H groups in total. The van der Waals surface area contributed by atoms with Crippen molar-refractivity contribution >= 4 is 11.9 Å². The fourth-order valence-electron chi connectivity index (χ4n) is 2.80. The summed E-state index contributed by atoms with van der Waals surface area (Å²) in [5.74, 6) is 0.302. The van der Waals surface area contributed by atoms with E-state index in [1.165, 1.54) is 57.4 Å². The van der Waals surface area contributed by atoms with E-state index in [-0.39, 0.29) is 11.9 Å². The van der Waals surface area contributed by atoms with Crippen LogP contribution in [-0.4, -0.2) is 25.0 Å². The SMILES string of the molecule is C=CC(=O)NCCCCCC(=O)OCC(CCCC)CCCCCC. The summed E-state index contributed by atoms with van der Waals surface area (Å²) in [6, 6.07) is 0. The molecule has 25 heavy (non-hydrogen) atoms. The highest BCUT2D eigenvalue weighted by molar-refractivity contribution is 5.86. The van der Waals surface area contributed by atoms with Gasteiger partial charge in [0.15, 0.2) is 0 Å². The highest BCUT2D eigenvalue weighted by Crippen LogP contribution is 2.18. The van der Waals surface area contributed by atoms with Crippen LogP contribution in [-0.2, 0) is 14.3 Å². The van der Waals surface area contributed by atoms with E-state index in [1.807, 2.05) is 0 Å². The molecule has 1 unspecified atom stereocenters. The molecule has 0 spiro atoms. The monoisotopic (exact) mass is 353 g/mol. The zero-order chi connectivity index (χ0) is 18.8. The van der Waals surface area contributed by atoms with Gasteiger partial charge in [-0.3, -0.25) is 9.59 Å². The van der Waals surface area contributed by atoms with Crippen molar-refractivity contribution in [3.63, 3.8) is 0 Å². The van der Waals surface area contributed by atoms with E-state index in [2.05, 4.69) is 25.7 Å². The van der Waals surface area contributed by atoms with Gasteiger partial charge in [0.05, 0.1) is 6.61 Å². The maximum Gasteiger partial charge on any atom is 0.305 e. The highest BCUT2D eigenvalue weighted by Gasteiger charge is 2.11. The minimum atomic E-state index is -0.142. The molecule has 0 aliphatic rings. The Kier molecular flexibility index (Phi) is 16.6. The minimum Gasteiger partial charge on any atom is -0.465 e. The predicted octanol–water partition coefficient (Wildman–Crippen LogP) is 5.17. The van der Waals surface area contributed by atoms with Crippen LogP contribution in [0.3, 0.4) is 0 Å². The first-order valence-corrected chi connectivity index (χ1v) is 10.2. The van der Waals surface area contributed by atoms with Crippen LogP contribution >= 0.6 is 0 Å². The molecule has 0 fully saturated rings. The molecule has 0 aromatic rings. The summed E-state index contributed by atoms with van der Waals surface area (Å²) in [7, 11) is 0. The Bertz CT molecular complexity index is 355. The Labute approximate surface area is 154 Å². The van der Waals surface area contributed by atoms with Crippen LogP contribution in [0, 0.1) is 5.92 Å². The van der Waals surface area contributed by atoms with Crippen molar-refractivity contribution in [1.29, 1.82) is 0 Å². The predicted molar refractivity (Wildman–Crippen MR) is 104 cm³/mol. The molecule has 4 heteroatoms. The number of esters is 1. The topological polar surface area (TPSA) is 55.4 Å². The smallest absolute Gasteiger partial charge is 0.305 e. The van der Waals surface area contributed by atoms with Gasteiger partial charge < -0.3 is 10.1 Å². The molecule has 0 radical (unpaired) electrons. The molecule has 0 aromatic carbocycles. The molecular formula is C21H39NO3. The summed E-state index contributed by atoms with van der Waals surface area (Å²) in [6.07, 6.45) is 14.2. The van der Waals surface area contributed by atoms with Crippen molar-refractivity contribution in [2.75, 3.05) is 13.2 Å². The largest absolute Gasteiger partial charge is 0.465 e.